The SMILES string of the molecule is Cc1cnccc1N1CCCC(Br)C1C. The molecule has 2 atom stereocenters. The maximum atomic E-state index is 4.15. The molecule has 1 aliphatic heterocycles. The van der Waals surface area contributed by atoms with Gasteiger partial charge in [0.25, 0.3) is 0 Å². The van der Waals surface area contributed by atoms with E-state index >= 15 is 0 Å². The van der Waals surface area contributed by atoms with Crippen LogP contribution in [-0.4, -0.2) is 22.4 Å². The molecule has 3 heteroatoms. The Morgan fingerprint density at radius 1 is 1.53 bits per heavy atom. The number of nitrogens with zero attached hydrogens (tertiary/aromatic N) is 2. The molecule has 15 heavy (non-hydrogen) atoms. The highest BCUT2D eigenvalue weighted by Gasteiger charge is 2.26. The Balaban J connectivity index is 2.26. The highest BCUT2D eigenvalue weighted by molar-refractivity contribution is 9.09. The zero-order chi connectivity index (χ0) is 10.8. The van der Waals surface area contributed by atoms with E-state index in [9.17, 15) is 0 Å². The van der Waals surface area contributed by atoms with Gasteiger partial charge in [0.05, 0.1) is 0 Å². The van der Waals surface area contributed by atoms with E-state index in [-0.39, 0.29) is 0 Å². The molecule has 1 aliphatic rings. The van der Waals surface area contributed by atoms with E-state index in [1.165, 1.54) is 24.1 Å². The molecule has 0 radical (unpaired) electrons. The average molecular weight is 269 g/mol. The molecule has 2 unspecified atom stereocenters. The van der Waals surface area contributed by atoms with Crippen molar-refractivity contribution in [3.8, 4) is 0 Å². The van der Waals surface area contributed by atoms with Gasteiger partial charge in [0.2, 0.25) is 0 Å². The Labute approximate surface area is 99.8 Å². The van der Waals surface area contributed by atoms with E-state index in [2.05, 4.69) is 45.7 Å². The Bertz CT molecular complexity index is 340. The van der Waals surface area contributed by atoms with Gasteiger partial charge in [-0.3, -0.25) is 4.98 Å². The van der Waals surface area contributed by atoms with Crippen molar-refractivity contribution in [2.24, 2.45) is 0 Å². The maximum absolute atomic E-state index is 4.15. The monoisotopic (exact) mass is 268 g/mol. The highest BCUT2D eigenvalue weighted by Crippen LogP contribution is 2.30. The lowest BCUT2D eigenvalue weighted by atomic mass is 10.0. The Morgan fingerprint density at radius 2 is 2.33 bits per heavy atom. The van der Waals surface area contributed by atoms with Crippen molar-refractivity contribution in [3.63, 3.8) is 0 Å². The van der Waals surface area contributed by atoms with Gasteiger partial charge in [0.15, 0.2) is 0 Å². The molecule has 0 aromatic carbocycles. The molecule has 82 valence electrons. The molecular weight excluding hydrogens is 252 g/mol. The van der Waals surface area contributed by atoms with Crippen molar-refractivity contribution in [1.29, 1.82) is 0 Å². The van der Waals surface area contributed by atoms with Crippen LogP contribution >= 0.6 is 15.9 Å². The summed E-state index contributed by atoms with van der Waals surface area (Å²) in [7, 11) is 0. The topological polar surface area (TPSA) is 16.1 Å². The fourth-order valence-corrected chi connectivity index (χ4v) is 2.83. The van der Waals surface area contributed by atoms with E-state index in [4.69, 9.17) is 0 Å². The molecule has 0 bridgehead atoms. The fourth-order valence-electron chi connectivity index (χ4n) is 2.22. The first-order chi connectivity index (χ1) is 7.20. The number of rotatable bonds is 1. The summed E-state index contributed by atoms with van der Waals surface area (Å²) in [6.45, 7) is 5.58. The normalized spacial score (nSPS) is 26.7. The van der Waals surface area contributed by atoms with E-state index in [1.807, 2.05) is 12.4 Å². The second-order valence-corrected chi connectivity index (χ2v) is 5.43. The summed E-state index contributed by atoms with van der Waals surface area (Å²) < 4.78 is 0. The maximum Gasteiger partial charge on any atom is 0.0429 e. The van der Waals surface area contributed by atoms with Gasteiger partial charge >= 0.3 is 0 Å². The molecule has 2 rings (SSSR count). The minimum atomic E-state index is 0.569. The van der Waals surface area contributed by atoms with Crippen LogP contribution < -0.4 is 4.90 Å². The van der Waals surface area contributed by atoms with Crippen molar-refractivity contribution in [2.45, 2.75) is 37.6 Å². The number of anilines is 1. The smallest absolute Gasteiger partial charge is 0.0429 e. The summed E-state index contributed by atoms with van der Waals surface area (Å²) >= 11 is 3.76. The van der Waals surface area contributed by atoms with Crippen LogP contribution in [0, 0.1) is 6.92 Å². The molecule has 2 nitrogen and oxygen atoms in total. The number of alkyl halides is 1. The van der Waals surface area contributed by atoms with Crippen molar-refractivity contribution >= 4 is 21.6 Å². The Morgan fingerprint density at radius 3 is 3.07 bits per heavy atom. The number of halogens is 1. The number of pyridine rings is 1. The van der Waals surface area contributed by atoms with E-state index in [0.717, 1.165) is 6.54 Å². The van der Waals surface area contributed by atoms with Gasteiger partial charge in [0, 0.05) is 35.5 Å². The molecule has 0 spiro atoms. The molecule has 0 N–H and O–H groups in total. The Hall–Kier alpha value is -0.570. The number of aromatic nitrogens is 1. The number of piperidine rings is 1. The lowest BCUT2D eigenvalue weighted by molar-refractivity contribution is 0.502. The summed E-state index contributed by atoms with van der Waals surface area (Å²) in [5, 5.41) is 0. The third-order valence-electron chi connectivity index (χ3n) is 3.19. The van der Waals surface area contributed by atoms with Gasteiger partial charge in [-0.25, -0.2) is 0 Å². The van der Waals surface area contributed by atoms with Crippen LogP contribution in [0.25, 0.3) is 0 Å². The van der Waals surface area contributed by atoms with Crippen LogP contribution in [0.2, 0.25) is 0 Å². The number of aryl methyl sites for hydroxylation is 1. The second kappa shape index (κ2) is 4.52. The van der Waals surface area contributed by atoms with Crippen LogP contribution in [0.1, 0.15) is 25.3 Å². The average Bonchev–Trinajstić information content (AvgIpc) is 2.23. The molecule has 0 amide bonds. The summed E-state index contributed by atoms with van der Waals surface area (Å²) in [6.07, 6.45) is 6.37. The van der Waals surface area contributed by atoms with E-state index < -0.39 is 0 Å². The molecule has 0 saturated carbocycles. The number of hydrogen-bond donors (Lipinski definition) is 0. The third kappa shape index (κ3) is 2.17. The quantitative estimate of drug-likeness (QED) is 0.728. The van der Waals surface area contributed by atoms with Crippen molar-refractivity contribution in [1.82, 2.24) is 4.98 Å². The molecule has 1 saturated heterocycles. The fraction of sp³-hybridized carbons (Fsp3) is 0.583. The number of hydrogen-bond acceptors (Lipinski definition) is 2. The zero-order valence-corrected chi connectivity index (χ0v) is 10.9. The van der Waals surface area contributed by atoms with Gasteiger partial charge in [-0.05, 0) is 38.3 Å². The molecule has 1 fully saturated rings. The lowest BCUT2D eigenvalue weighted by Crippen LogP contribution is -2.44. The minimum Gasteiger partial charge on any atom is -0.367 e. The van der Waals surface area contributed by atoms with Crippen LogP contribution in [0.5, 0.6) is 0 Å². The van der Waals surface area contributed by atoms with E-state index in [0.29, 0.717) is 10.9 Å². The van der Waals surface area contributed by atoms with Crippen molar-refractivity contribution in [3.05, 3.63) is 24.0 Å². The van der Waals surface area contributed by atoms with Gasteiger partial charge < -0.3 is 4.90 Å². The van der Waals surface area contributed by atoms with Crippen molar-refractivity contribution < 1.29 is 0 Å². The first-order valence-corrected chi connectivity index (χ1v) is 6.43. The Kier molecular flexibility index (Phi) is 3.29. The molecular formula is C12H17BrN2. The third-order valence-corrected chi connectivity index (χ3v) is 4.42. The molecule has 1 aromatic heterocycles. The second-order valence-electron chi connectivity index (χ2n) is 4.25. The standard InChI is InChI=1S/C12H17BrN2/c1-9-8-14-6-5-12(9)15-7-3-4-11(13)10(15)2/h5-6,8,10-11H,3-4,7H2,1-2H3. The molecule has 2 heterocycles. The lowest BCUT2D eigenvalue weighted by Gasteiger charge is -2.39. The van der Waals surface area contributed by atoms with Gasteiger partial charge in [-0.2, -0.15) is 0 Å². The predicted molar refractivity (Wildman–Crippen MR) is 67.7 cm³/mol. The van der Waals surface area contributed by atoms with Crippen LogP contribution in [0.4, 0.5) is 5.69 Å². The van der Waals surface area contributed by atoms with Crippen molar-refractivity contribution in [2.75, 3.05) is 11.4 Å². The summed E-state index contributed by atoms with van der Waals surface area (Å²) in [4.78, 5) is 7.24. The summed E-state index contributed by atoms with van der Waals surface area (Å²) in [6, 6.07) is 2.69. The van der Waals surface area contributed by atoms with E-state index in [1.54, 1.807) is 0 Å². The molecule has 1 aromatic rings. The highest BCUT2D eigenvalue weighted by atomic mass is 79.9. The van der Waals surface area contributed by atoms with Crippen LogP contribution in [-0.2, 0) is 0 Å². The van der Waals surface area contributed by atoms with Gasteiger partial charge in [0.1, 0.15) is 0 Å². The largest absolute Gasteiger partial charge is 0.367 e. The van der Waals surface area contributed by atoms with Gasteiger partial charge in [-0.1, -0.05) is 15.9 Å². The zero-order valence-electron chi connectivity index (χ0n) is 9.28. The first kappa shape index (κ1) is 10.9. The summed E-state index contributed by atoms with van der Waals surface area (Å²) in [5.74, 6) is 0. The minimum absolute atomic E-state index is 0.569. The first-order valence-electron chi connectivity index (χ1n) is 5.51. The van der Waals surface area contributed by atoms with Crippen LogP contribution in [0.3, 0.4) is 0 Å². The van der Waals surface area contributed by atoms with Crippen LogP contribution in [0.15, 0.2) is 18.5 Å². The predicted octanol–water partition coefficient (Wildman–Crippen LogP) is 3.14. The summed E-state index contributed by atoms with van der Waals surface area (Å²) in [5.41, 5.74) is 2.60. The molecule has 0 aliphatic carbocycles. The van der Waals surface area contributed by atoms with Gasteiger partial charge in [-0.15, -0.1) is 0 Å².